The van der Waals surface area contributed by atoms with Gasteiger partial charge >= 0.3 is 0 Å². The van der Waals surface area contributed by atoms with Crippen LogP contribution in [0, 0.1) is 6.92 Å². The summed E-state index contributed by atoms with van der Waals surface area (Å²) in [6.07, 6.45) is 3.01. The maximum atomic E-state index is 12.3. The highest BCUT2D eigenvalue weighted by Gasteiger charge is 2.14. The highest BCUT2D eigenvalue weighted by atomic mass is 19.1. The van der Waals surface area contributed by atoms with E-state index in [9.17, 15) is 9.18 Å². The Bertz CT molecular complexity index is 836. The van der Waals surface area contributed by atoms with Crippen molar-refractivity contribution >= 4 is 16.8 Å². The molecule has 6 heteroatoms. The lowest BCUT2D eigenvalue weighted by Gasteiger charge is -2.13. The molecule has 0 saturated carbocycles. The number of halogens is 1. The van der Waals surface area contributed by atoms with E-state index in [1.165, 1.54) is 10.9 Å². The molecule has 0 bridgehead atoms. The molecule has 120 valence electrons. The number of aromatic nitrogens is 3. The van der Waals surface area contributed by atoms with E-state index in [1.54, 1.807) is 6.20 Å². The largest absolute Gasteiger partial charge is 0.359 e. The van der Waals surface area contributed by atoms with E-state index >= 15 is 0 Å². The number of H-pyrrole nitrogens is 1. The lowest BCUT2D eigenvalue weighted by atomic mass is 10.1. The Hall–Kier alpha value is -2.63. The van der Waals surface area contributed by atoms with Crippen molar-refractivity contribution in [2.24, 2.45) is 0 Å². The highest BCUT2D eigenvalue weighted by molar-refractivity contribution is 5.94. The van der Waals surface area contributed by atoms with Gasteiger partial charge in [0.05, 0.1) is 24.3 Å². The predicted molar refractivity (Wildman–Crippen MR) is 87.1 cm³/mol. The van der Waals surface area contributed by atoms with Crippen molar-refractivity contribution in [3.8, 4) is 0 Å². The van der Waals surface area contributed by atoms with Crippen molar-refractivity contribution in [3.05, 3.63) is 53.5 Å². The van der Waals surface area contributed by atoms with Crippen molar-refractivity contribution in [1.29, 1.82) is 0 Å². The molecule has 0 radical (unpaired) electrons. The van der Waals surface area contributed by atoms with Gasteiger partial charge in [-0.15, -0.1) is 0 Å². The number of aryl methyl sites for hydroxylation is 2. The average Bonchev–Trinajstić information content (AvgIpc) is 3.12. The minimum Gasteiger partial charge on any atom is -0.359 e. The molecule has 0 fully saturated rings. The Balaban J connectivity index is 1.73. The molecule has 0 aliphatic rings. The molecule has 0 aliphatic carbocycles. The summed E-state index contributed by atoms with van der Waals surface area (Å²) >= 11 is 0. The number of nitrogens with zero attached hydrogens (tertiary/aromatic N) is 2. The fourth-order valence-corrected chi connectivity index (χ4v) is 2.62. The van der Waals surface area contributed by atoms with E-state index in [0.717, 1.165) is 22.2 Å². The summed E-state index contributed by atoms with van der Waals surface area (Å²) in [6.45, 7) is 3.60. The Morgan fingerprint density at radius 3 is 3.04 bits per heavy atom. The molecule has 2 heterocycles. The van der Waals surface area contributed by atoms with E-state index in [4.69, 9.17) is 0 Å². The van der Waals surface area contributed by atoms with Gasteiger partial charge in [-0.2, -0.15) is 5.10 Å². The standard InChI is InChI=1S/C17H19FN4O/c1-11-7-14-8-13(3-4-16(14)20-11)12(2)21-17(23)15-9-19-22(10-15)6-5-18/h3-4,7-10,12,20H,5-6H2,1-2H3,(H,21,23). The molecule has 0 saturated heterocycles. The van der Waals surface area contributed by atoms with Gasteiger partial charge in [0, 0.05) is 17.4 Å². The zero-order valence-corrected chi connectivity index (χ0v) is 13.1. The summed E-state index contributed by atoms with van der Waals surface area (Å²) in [4.78, 5) is 15.5. The molecule has 0 aliphatic heterocycles. The zero-order chi connectivity index (χ0) is 16.4. The van der Waals surface area contributed by atoms with Crippen LogP contribution in [-0.4, -0.2) is 27.3 Å². The third-order valence-electron chi connectivity index (χ3n) is 3.84. The second kappa shape index (κ2) is 6.24. The maximum absolute atomic E-state index is 12.3. The number of hydrogen-bond acceptors (Lipinski definition) is 2. The Labute approximate surface area is 133 Å². The topological polar surface area (TPSA) is 62.7 Å². The summed E-state index contributed by atoms with van der Waals surface area (Å²) < 4.78 is 13.7. The molecule has 23 heavy (non-hydrogen) atoms. The molecule has 1 unspecified atom stereocenters. The highest BCUT2D eigenvalue weighted by Crippen LogP contribution is 2.21. The lowest BCUT2D eigenvalue weighted by Crippen LogP contribution is -2.26. The van der Waals surface area contributed by atoms with Gasteiger partial charge in [-0.1, -0.05) is 6.07 Å². The molecule has 2 N–H and O–H groups in total. The summed E-state index contributed by atoms with van der Waals surface area (Å²) in [6, 6.07) is 8.02. The number of rotatable bonds is 5. The molecule has 2 aromatic heterocycles. The molecule has 1 atom stereocenters. The zero-order valence-electron chi connectivity index (χ0n) is 13.1. The number of alkyl halides is 1. The van der Waals surface area contributed by atoms with Crippen LogP contribution >= 0.6 is 0 Å². The number of hydrogen-bond donors (Lipinski definition) is 2. The number of aromatic amines is 1. The quantitative estimate of drug-likeness (QED) is 0.760. The van der Waals surface area contributed by atoms with E-state index in [1.807, 2.05) is 26.0 Å². The fraction of sp³-hybridized carbons (Fsp3) is 0.294. The van der Waals surface area contributed by atoms with E-state index < -0.39 is 6.67 Å². The molecule has 3 aromatic rings. The van der Waals surface area contributed by atoms with Crippen LogP contribution in [0.4, 0.5) is 4.39 Å². The fourth-order valence-electron chi connectivity index (χ4n) is 2.62. The van der Waals surface area contributed by atoms with Crippen LogP contribution in [0.1, 0.15) is 34.6 Å². The Morgan fingerprint density at radius 1 is 1.43 bits per heavy atom. The average molecular weight is 314 g/mol. The first-order chi connectivity index (χ1) is 11.1. The summed E-state index contributed by atoms with van der Waals surface area (Å²) in [5, 5.41) is 8.03. The third kappa shape index (κ3) is 3.26. The number of fused-ring (bicyclic) bond motifs is 1. The normalized spacial score (nSPS) is 12.5. The van der Waals surface area contributed by atoms with Crippen LogP contribution in [-0.2, 0) is 6.54 Å². The predicted octanol–water partition coefficient (Wildman–Crippen LogP) is 3.13. The van der Waals surface area contributed by atoms with E-state index in [0.29, 0.717) is 5.56 Å². The second-order valence-corrected chi connectivity index (χ2v) is 5.68. The number of amides is 1. The number of nitrogens with one attached hydrogen (secondary N) is 2. The molecule has 1 aromatic carbocycles. The van der Waals surface area contributed by atoms with Crippen molar-refractivity contribution in [2.45, 2.75) is 26.4 Å². The van der Waals surface area contributed by atoms with Crippen LogP contribution in [0.2, 0.25) is 0 Å². The minimum atomic E-state index is -0.505. The third-order valence-corrected chi connectivity index (χ3v) is 3.84. The monoisotopic (exact) mass is 314 g/mol. The molecule has 3 rings (SSSR count). The maximum Gasteiger partial charge on any atom is 0.254 e. The van der Waals surface area contributed by atoms with E-state index in [-0.39, 0.29) is 18.5 Å². The number of benzene rings is 1. The Morgan fingerprint density at radius 2 is 2.26 bits per heavy atom. The first-order valence-corrected chi connectivity index (χ1v) is 7.55. The van der Waals surface area contributed by atoms with Gasteiger partial charge in [-0.3, -0.25) is 9.48 Å². The van der Waals surface area contributed by atoms with Crippen LogP contribution in [0.15, 0.2) is 36.7 Å². The van der Waals surface area contributed by atoms with Crippen molar-refractivity contribution in [2.75, 3.05) is 6.67 Å². The van der Waals surface area contributed by atoms with Crippen LogP contribution in [0.3, 0.4) is 0 Å². The molecular formula is C17H19FN4O. The smallest absolute Gasteiger partial charge is 0.254 e. The first kappa shape index (κ1) is 15.3. The summed E-state index contributed by atoms with van der Waals surface area (Å²) in [5.74, 6) is -0.215. The van der Waals surface area contributed by atoms with E-state index in [2.05, 4.69) is 27.5 Å². The second-order valence-electron chi connectivity index (χ2n) is 5.68. The van der Waals surface area contributed by atoms with Crippen molar-refractivity contribution < 1.29 is 9.18 Å². The SMILES string of the molecule is Cc1cc2cc(C(C)NC(=O)c3cnn(CCF)c3)ccc2[nH]1. The lowest BCUT2D eigenvalue weighted by molar-refractivity contribution is 0.0939. The van der Waals surface area contributed by atoms with Gasteiger partial charge in [0.25, 0.3) is 5.91 Å². The van der Waals surface area contributed by atoms with Crippen molar-refractivity contribution in [3.63, 3.8) is 0 Å². The number of carbonyl (C=O) groups is 1. The van der Waals surface area contributed by atoms with Crippen molar-refractivity contribution in [1.82, 2.24) is 20.1 Å². The summed E-state index contributed by atoms with van der Waals surface area (Å²) in [7, 11) is 0. The van der Waals surface area contributed by atoms with Gasteiger partial charge < -0.3 is 10.3 Å². The van der Waals surface area contributed by atoms with Crippen LogP contribution < -0.4 is 5.32 Å². The van der Waals surface area contributed by atoms with Crippen LogP contribution in [0.5, 0.6) is 0 Å². The van der Waals surface area contributed by atoms with Gasteiger partial charge in [-0.25, -0.2) is 4.39 Å². The molecule has 5 nitrogen and oxygen atoms in total. The minimum absolute atomic E-state index is 0.133. The molecule has 1 amide bonds. The van der Waals surface area contributed by atoms with Gasteiger partial charge in [0.2, 0.25) is 0 Å². The molecule has 0 spiro atoms. The Kier molecular flexibility index (Phi) is 4.14. The first-order valence-electron chi connectivity index (χ1n) is 7.55. The van der Waals surface area contributed by atoms with Gasteiger partial charge in [0.1, 0.15) is 6.67 Å². The van der Waals surface area contributed by atoms with Crippen LogP contribution in [0.25, 0.3) is 10.9 Å². The summed E-state index contributed by atoms with van der Waals surface area (Å²) in [5.41, 5.74) is 3.65. The van der Waals surface area contributed by atoms with Gasteiger partial charge in [0.15, 0.2) is 0 Å². The number of carbonyl (C=O) groups excluding carboxylic acids is 1. The molecular weight excluding hydrogens is 295 g/mol. The van der Waals surface area contributed by atoms with Gasteiger partial charge in [-0.05, 0) is 43.0 Å².